The molecular formula is C53H54N8O7. The smallest absolute Gasteiger partial charge is 0.407 e. The monoisotopic (exact) mass is 914 g/mol. The number of piperidine rings is 1. The first-order chi connectivity index (χ1) is 33.2. The lowest BCUT2D eigenvalue weighted by Gasteiger charge is -2.36. The Morgan fingerprint density at radius 3 is 2.22 bits per heavy atom. The van der Waals surface area contributed by atoms with Crippen LogP contribution in [-0.4, -0.2) is 99.8 Å². The Labute approximate surface area is 392 Å². The van der Waals surface area contributed by atoms with E-state index in [1.165, 1.54) is 14.2 Å². The second kappa shape index (κ2) is 18.1. The van der Waals surface area contributed by atoms with E-state index in [0.717, 1.165) is 98.7 Å². The fourth-order valence-electron chi connectivity index (χ4n) is 11.4. The summed E-state index contributed by atoms with van der Waals surface area (Å²) in [6.45, 7) is 1.70. The molecule has 5 aromatic carbocycles. The molecule has 15 nitrogen and oxygen atoms in total. The van der Waals surface area contributed by atoms with E-state index in [2.05, 4.69) is 87.3 Å². The highest BCUT2D eigenvalue weighted by Crippen LogP contribution is 2.51. The van der Waals surface area contributed by atoms with Gasteiger partial charge in [0.1, 0.15) is 23.7 Å². The lowest BCUT2D eigenvalue weighted by Crippen LogP contribution is -2.53. The number of methoxy groups -OCH3 is 2. The molecule has 15 heteroatoms. The first-order valence-electron chi connectivity index (χ1n) is 23.7. The molecule has 3 saturated heterocycles. The highest BCUT2D eigenvalue weighted by atomic mass is 16.5. The van der Waals surface area contributed by atoms with Crippen LogP contribution in [0.4, 0.5) is 9.59 Å². The number of nitrogens with one attached hydrogen (secondary N) is 4. The minimum atomic E-state index is -0.884. The van der Waals surface area contributed by atoms with Crippen LogP contribution in [0.15, 0.2) is 103 Å². The normalized spacial score (nSPS) is 21.3. The molecule has 4 amide bonds. The number of aromatic nitrogens is 4. The predicted molar refractivity (Wildman–Crippen MR) is 256 cm³/mol. The summed E-state index contributed by atoms with van der Waals surface area (Å²) in [6, 6.07) is 30.9. The van der Waals surface area contributed by atoms with E-state index in [9.17, 15) is 19.2 Å². The number of amides is 4. The fourth-order valence-corrected chi connectivity index (χ4v) is 11.4. The van der Waals surface area contributed by atoms with Crippen molar-refractivity contribution in [3.8, 4) is 22.4 Å². The van der Waals surface area contributed by atoms with Crippen molar-refractivity contribution in [1.29, 1.82) is 0 Å². The lowest BCUT2D eigenvalue weighted by molar-refractivity contribution is -0.138. The van der Waals surface area contributed by atoms with E-state index in [1.807, 2.05) is 46.3 Å². The number of hydrogen-bond acceptors (Lipinski definition) is 9. The van der Waals surface area contributed by atoms with Gasteiger partial charge >= 0.3 is 12.2 Å². The third-order valence-corrected chi connectivity index (χ3v) is 14.8. The van der Waals surface area contributed by atoms with Gasteiger partial charge in [-0.05, 0) is 114 Å². The SMILES string of the molecule is COC(=O)NC(C(=O)N1CCC[C@H]1c1ncc(-c2ccc3cc(-c4ccc5c(ccc6[nH]c([C@@H]7[C@H]8CC[C@H](C8)N7C(=O)[C@H](NC(=O)OC)c7ccccc7)nc65)c4)ccc3c2)[nH]1)C1CCOCC1. The average molecular weight is 915 g/mol. The Bertz CT molecular complexity index is 3050. The number of carbonyl (C=O) groups excluding carboxylic acids is 4. The number of rotatable bonds is 10. The van der Waals surface area contributed by atoms with E-state index in [4.69, 9.17) is 24.2 Å². The molecule has 7 aromatic rings. The Kier molecular flexibility index (Phi) is 11.5. The highest BCUT2D eigenvalue weighted by molar-refractivity contribution is 6.06. The second-order valence-corrected chi connectivity index (χ2v) is 18.6. The molecule has 1 saturated carbocycles. The first-order valence-corrected chi connectivity index (χ1v) is 23.7. The topological polar surface area (TPSA) is 184 Å². The summed E-state index contributed by atoms with van der Waals surface area (Å²) in [5, 5.41) is 9.90. The Morgan fingerprint density at radius 1 is 0.735 bits per heavy atom. The van der Waals surface area contributed by atoms with Crippen molar-refractivity contribution in [2.45, 2.75) is 75.2 Å². The van der Waals surface area contributed by atoms with Crippen molar-refractivity contribution in [3.63, 3.8) is 0 Å². The highest BCUT2D eigenvalue weighted by Gasteiger charge is 2.51. The van der Waals surface area contributed by atoms with Gasteiger partial charge in [-0.3, -0.25) is 9.59 Å². The van der Waals surface area contributed by atoms with Crippen LogP contribution in [0.2, 0.25) is 0 Å². The van der Waals surface area contributed by atoms with Gasteiger partial charge in [0.05, 0.1) is 49.2 Å². The molecule has 4 fully saturated rings. The third kappa shape index (κ3) is 7.97. The zero-order valence-electron chi connectivity index (χ0n) is 38.1. The average Bonchev–Trinajstić information content (AvgIpc) is 4.26. The van der Waals surface area contributed by atoms with Gasteiger partial charge in [-0.2, -0.15) is 0 Å². The van der Waals surface area contributed by atoms with Crippen LogP contribution in [-0.2, 0) is 23.8 Å². The van der Waals surface area contributed by atoms with E-state index < -0.39 is 24.3 Å². The van der Waals surface area contributed by atoms with Crippen LogP contribution in [0, 0.1) is 11.8 Å². The van der Waals surface area contributed by atoms with Gasteiger partial charge in [0.15, 0.2) is 0 Å². The van der Waals surface area contributed by atoms with Crippen LogP contribution in [0.5, 0.6) is 0 Å². The van der Waals surface area contributed by atoms with Gasteiger partial charge < -0.3 is 44.6 Å². The van der Waals surface area contributed by atoms with Crippen molar-refractivity contribution in [1.82, 2.24) is 40.4 Å². The first kappa shape index (κ1) is 43.3. The van der Waals surface area contributed by atoms with Crippen molar-refractivity contribution in [3.05, 3.63) is 120 Å². The summed E-state index contributed by atoms with van der Waals surface area (Å²) < 4.78 is 15.4. The molecule has 6 atom stereocenters. The summed E-state index contributed by atoms with van der Waals surface area (Å²) in [7, 11) is 2.62. The Morgan fingerprint density at radius 2 is 1.44 bits per heavy atom. The maximum Gasteiger partial charge on any atom is 0.407 e. The number of ether oxygens (including phenoxy) is 3. The summed E-state index contributed by atoms with van der Waals surface area (Å²) in [6.07, 6.45) is 6.40. The molecule has 11 rings (SSSR count). The Balaban J connectivity index is 0.820. The molecule has 348 valence electrons. The van der Waals surface area contributed by atoms with Crippen LogP contribution in [0.25, 0.3) is 55.0 Å². The molecule has 1 unspecified atom stereocenters. The summed E-state index contributed by atoms with van der Waals surface area (Å²) in [4.78, 5) is 74.3. The van der Waals surface area contributed by atoms with E-state index in [-0.39, 0.29) is 41.8 Å². The van der Waals surface area contributed by atoms with Crippen molar-refractivity contribution in [2.24, 2.45) is 11.8 Å². The number of imidazole rings is 2. The molecule has 3 aliphatic heterocycles. The van der Waals surface area contributed by atoms with Gasteiger partial charge in [-0.25, -0.2) is 19.6 Å². The van der Waals surface area contributed by atoms with Gasteiger partial charge in [-0.15, -0.1) is 0 Å². The van der Waals surface area contributed by atoms with E-state index >= 15 is 0 Å². The molecule has 0 radical (unpaired) electrons. The number of carbonyl (C=O) groups is 4. The zero-order valence-corrected chi connectivity index (χ0v) is 38.1. The van der Waals surface area contributed by atoms with Crippen molar-refractivity contribution < 1.29 is 33.4 Å². The molecule has 68 heavy (non-hydrogen) atoms. The lowest BCUT2D eigenvalue weighted by atomic mass is 9.90. The molecule has 0 spiro atoms. The molecular weight excluding hydrogens is 861 g/mol. The Hall–Kier alpha value is -7.26. The van der Waals surface area contributed by atoms with Gasteiger partial charge in [0, 0.05) is 36.8 Å². The number of H-pyrrole nitrogens is 2. The predicted octanol–water partition coefficient (Wildman–Crippen LogP) is 8.89. The molecule has 2 bridgehead atoms. The van der Waals surface area contributed by atoms with Crippen molar-refractivity contribution >= 4 is 56.6 Å². The van der Waals surface area contributed by atoms with Gasteiger partial charge in [0.25, 0.3) is 5.91 Å². The maximum absolute atomic E-state index is 14.5. The number of likely N-dealkylation sites (tertiary alicyclic amines) is 2. The van der Waals surface area contributed by atoms with Crippen LogP contribution < -0.4 is 10.6 Å². The summed E-state index contributed by atoms with van der Waals surface area (Å²) in [5.41, 5.74) is 6.52. The summed E-state index contributed by atoms with van der Waals surface area (Å²) >= 11 is 0. The molecule has 4 aliphatic rings. The number of nitrogens with zero attached hydrogens (tertiary/aromatic N) is 4. The van der Waals surface area contributed by atoms with Crippen molar-refractivity contribution in [2.75, 3.05) is 34.0 Å². The third-order valence-electron chi connectivity index (χ3n) is 14.8. The van der Waals surface area contributed by atoms with Gasteiger partial charge in [0.2, 0.25) is 5.91 Å². The number of benzene rings is 5. The minimum absolute atomic E-state index is 0.0325. The molecule has 2 aromatic heterocycles. The molecule has 5 heterocycles. The minimum Gasteiger partial charge on any atom is -0.453 e. The fraction of sp³-hybridized carbons (Fsp3) is 0.358. The number of aromatic amines is 2. The van der Waals surface area contributed by atoms with Gasteiger partial charge in [-0.1, -0.05) is 72.8 Å². The molecule has 1 aliphatic carbocycles. The standard InChI is InChI=1S/C53H54N8O7/c1-66-52(64)58-44(31-20-23-68-24-21-31)50(62)60-22-6-9-43(60)48-54-29-42(56-48)37-13-12-33-25-32(10-11-34(33)27-37)35-15-18-40-36(26-35)16-19-41-46(40)57-49(55-41)47-38-14-17-39(28-38)61(47)51(63)45(59-53(65)67-2)30-7-4-3-5-8-30/h3-5,7-8,10-13,15-16,18-19,25-27,29,31,38-39,43-45,47H,6,9,14,17,20-24,28H2,1-2H3,(H,54,56)(H,55,57)(H,58,64)(H,59,65)/t38-,39+,43-,44?,45+,47-/m0/s1. The van der Waals surface area contributed by atoms with Crippen LogP contribution in [0.1, 0.15) is 80.3 Å². The van der Waals surface area contributed by atoms with Crippen LogP contribution >= 0.6 is 0 Å². The number of alkyl carbamates (subject to hydrolysis) is 2. The zero-order chi connectivity index (χ0) is 46.5. The van der Waals surface area contributed by atoms with E-state index in [1.54, 1.807) is 0 Å². The summed E-state index contributed by atoms with van der Waals surface area (Å²) in [5.74, 6) is 1.45. The number of fused-ring (bicyclic) bond motifs is 6. The van der Waals surface area contributed by atoms with Crippen LogP contribution in [0.3, 0.4) is 0 Å². The second-order valence-electron chi connectivity index (χ2n) is 18.6. The maximum atomic E-state index is 14.5. The molecule has 4 N–H and O–H groups in total. The number of hydrogen-bond donors (Lipinski definition) is 4. The van der Waals surface area contributed by atoms with E-state index in [0.29, 0.717) is 38.2 Å². The quantitative estimate of drug-likeness (QED) is 0.104. The largest absolute Gasteiger partial charge is 0.453 e.